The van der Waals surface area contributed by atoms with Gasteiger partial charge in [-0.05, 0) is 18.9 Å². The predicted octanol–water partition coefficient (Wildman–Crippen LogP) is 2.24. The minimum atomic E-state index is -4.89. The molecule has 4 nitrogen and oxygen atoms in total. The van der Waals surface area contributed by atoms with Crippen molar-refractivity contribution in [3.05, 3.63) is 35.6 Å². The maximum atomic E-state index is 13.4. The second-order valence-corrected chi connectivity index (χ2v) is 5.37. The Bertz CT molecular complexity index is 581. The van der Waals surface area contributed by atoms with E-state index in [1.807, 2.05) is 0 Å². The Morgan fingerprint density at radius 3 is 2.35 bits per heavy atom. The summed E-state index contributed by atoms with van der Waals surface area (Å²) < 4.78 is 50.4. The molecule has 0 aromatic heterocycles. The Kier molecular flexibility index (Phi) is 5.23. The summed E-state index contributed by atoms with van der Waals surface area (Å²) in [6.45, 7) is -0.209. The van der Waals surface area contributed by atoms with Gasteiger partial charge >= 0.3 is 12.1 Å². The Balaban J connectivity index is 1.82. The van der Waals surface area contributed by atoms with Crippen molar-refractivity contribution in [2.24, 2.45) is 5.92 Å². The maximum Gasteiger partial charge on any atom is 0.471 e. The first-order chi connectivity index (χ1) is 10.8. The largest absolute Gasteiger partial charge is 0.471 e. The van der Waals surface area contributed by atoms with Crippen LogP contribution in [0.3, 0.4) is 0 Å². The zero-order chi connectivity index (χ0) is 17.0. The third kappa shape index (κ3) is 4.43. The van der Waals surface area contributed by atoms with Crippen LogP contribution in [0, 0.1) is 11.7 Å². The Labute approximate surface area is 130 Å². The molecule has 1 saturated heterocycles. The van der Waals surface area contributed by atoms with Crippen molar-refractivity contribution in [2.75, 3.05) is 13.1 Å². The van der Waals surface area contributed by atoms with E-state index in [9.17, 15) is 27.2 Å². The summed E-state index contributed by atoms with van der Waals surface area (Å²) in [6.07, 6.45) is -4.57. The predicted molar refractivity (Wildman–Crippen MR) is 73.6 cm³/mol. The molecule has 1 aromatic rings. The molecule has 1 aliphatic heterocycles. The number of halogens is 4. The van der Waals surface area contributed by atoms with Crippen LogP contribution in [0.1, 0.15) is 18.4 Å². The van der Waals surface area contributed by atoms with Crippen LogP contribution in [0.4, 0.5) is 17.6 Å². The summed E-state index contributed by atoms with van der Waals surface area (Å²) in [5.41, 5.74) is 0.338. The number of carbonyl (C=O) groups excluding carboxylic acids is 2. The quantitative estimate of drug-likeness (QED) is 0.863. The molecule has 0 bridgehead atoms. The lowest BCUT2D eigenvalue weighted by Crippen LogP contribution is -2.47. The van der Waals surface area contributed by atoms with Crippen LogP contribution in [0.5, 0.6) is 0 Å². The van der Waals surface area contributed by atoms with Gasteiger partial charge in [-0.15, -0.1) is 0 Å². The second-order valence-electron chi connectivity index (χ2n) is 5.37. The normalized spacial score (nSPS) is 16.3. The van der Waals surface area contributed by atoms with Gasteiger partial charge in [0.2, 0.25) is 5.91 Å². The summed E-state index contributed by atoms with van der Waals surface area (Å²) in [6, 6.07) is 6.00. The standard InChI is InChI=1S/C15H16F4N2O2/c16-12-4-2-1-3-11(12)9-20-13(22)10-5-7-21(8-6-10)14(23)15(17,18)19/h1-4,10H,5-9H2,(H,20,22). The van der Waals surface area contributed by atoms with E-state index in [2.05, 4.69) is 5.32 Å². The van der Waals surface area contributed by atoms with Crippen molar-refractivity contribution in [1.29, 1.82) is 0 Å². The first kappa shape index (κ1) is 17.2. The van der Waals surface area contributed by atoms with Crippen LogP contribution in [0.2, 0.25) is 0 Å². The number of likely N-dealkylation sites (tertiary alicyclic amines) is 1. The molecule has 0 aliphatic carbocycles. The lowest BCUT2D eigenvalue weighted by molar-refractivity contribution is -0.186. The molecule has 1 aliphatic rings. The topological polar surface area (TPSA) is 49.4 Å². The zero-order valence-electron chi connectivity index (χ0n) is 12.2. The number of piperidine rings is 1. The molecule has 1 heterocycles. The SMILES string of the molecule is O=C(NCc1ccccc1F)C1CCN(C(=O)C(F)(F)F)CC1. The van der Waals surface area contributed by atoms with Crippen molar-refractivity contribution in [1.82, 2.24) is 10.2 Å². The number of nitrogens with one attached hydrogen (secondary N) is 1. The van der Waals surface area contributed by atoms with Gasteiger partial charge in [-0.25, -0.2) is 4.39 Å². The zero-order valence-corrected chi connectivity index (χ0v) is 12.2. The fourth-order valence-corrected chi connectivity index (χ4v) is 2.49. The number of carbonyl (C=O) groups is 2. The van der Waals surface area contributed by atoms with Gasteiger partial charge in [-0.1, -0.05) is 18.2 Å². The Hall–Kier alpha value is -2.12. The van der Waals surface area contributed by atoms with Crippen LogP contribution >= 0.6 is 0 Å². The minimum Gasteiger partial charge on any atom is -0.352 e. The van der Waals surface area contributed by atoms with E-state index in [4.69, 9.17) is 0 Å². The van der Waals surface area contributed by atoms with E-state index in [0.29, 0.717) is 10.5 Å². The first-order valence-electron chi connectivity index (χ1n) is 7.16. The molecule has 1 N–H and O–H groups in total. The fourth-order valence-electron chi connectivity index (χ4n) is 2.49. The van der Waals surface area contributed by atoms with Crippen molar-refractivity contribution in [2.45, 2.75) is 25.6 Å². The Morgan fingerprint density at radius 1 is 1.17 bits per heavy atom. The van der Waals surface area contributed by atoms with Gasteiger partial charge in [0.05, 0.1) is 0 Å². The highest BCUT2D eigenvalue weighted by Crippen LogP contribution is 2.24. The monoisotopic (exact) mass is 332 g/mol. The maximum absolute atomic E-state index is 13.4. The molecule has 0 saturated carbocycles. The molecule has 8 heteroatoms. The summed E-state index contributed by atoms with van der Waals surface area (Å²) in [4.78, 5) is 23.8. The van der Waals surface area contributed by atoms with E-state index in [1.54, 1.807) is 12.1 Å². The molecule has 2 amide bonds. The number of rotatable bonds is 3. The first-order valence-corrected chi connectivity index (χ1v) is 7.16. The molecule has 23 heavy (non-hydrogen) atoms. The lowest BCUT2D eigenvalue weighted by Gasteiger charge is -2.31. The summed E-state index contributed by atoms with van der Waals surface area (Å²) in [7, 11) is 0. The van der Waals surface area contributed by atoms with Gasteiger partial charge in [0, 0.05) is 31.1 Å². The molecule has 0 spiro atoms. The van der Waals surface area contributed by atoms with Crippen LogP contribution < -0.4 is 5.32 Å². The van der Waals surface area contributed by atoms with E-state index >= 15 is 0 Å². The van der Waals surface area contributed by atoms with Crippen molar-refractivity contribution in [3.8, 4) is 0 Å². The van der Waals surface area contributed by atoms with Crippen molar-refractivity contribution >= 4 is 11.8 Å². The molecule has 0 unspecified atom stereocenters. The number of benzene rings is 1. The minimum absolute atomic E-state index is 0.0210. The average Bonchev–Trinajstić information content (AvgIpc) is 2.52. The van der Waals surface area contributed by atoms with Gasteiger partial charge in [0.25, 0.3) is 0 Å². The molecule has 1 aromatic carbocycles. The van der Waals surface area contributed by atoms with Crippen molar-refractivity contribution in [3.63, 3.8) is 0 Å². The molecule has 0 atom stereocenters. The molecular formula is C15H16F4N2O2. The molecule has 0 radical (unpaired) electrons. The second kappa shape index (κ2) is 6.97. The molecule has 1 fully saturated rings. The molecular weight excluding hydrogens is 316 g/mol. The smallest absolute Gasteiger partial charge is 0.352 e. The van der Waals surface area contributed by atoms with E-state index in [1.165, 1.54) is 12.1 Å². The number of alkyl halides is 3. The van der Waals surface area contributed by atoms with Gasteiger partial charge in [-0.3, -0.25) is 9.59 Å². The number of amides is 2. The van der Waals surface area contributed by atoms with Crippen LogP contribution in [0.15, 0.2) is 24.3 Å². The fraction of sp³-hybridized carbons (Fsp3) is 0.467. The number of hydrogen-bond acceptors (Lipinski definition) is 2. The third-order valence-electron chi connectivity index (χ3n) is 3.81. The van der Waals surface area contributed by atoms with Crippen LogP contribution in [0.25, 0.3) is 0 Å². The van der Waals surface area contributed by atoms with E-state index < -0.39 is 23.8 Å². The Morgan fingerprint density at radius 2 is 1.78 bits per heavy atom. The van der Waals surface area contributed by atoms with Gasteiger partial charge in [0.15, 0.2) is 0 Å². The van der Waals surface area contributed by atoms with Crippen LogP contribution in [-0.2, 0) is 16.1 Å². The van der Waals surface area contributed by atoms with E-state index in [0.717, 1.165) is 0 Å². The summed E-state index contributed by atoms with van der Waals surface area (Å²) in [5.74, 6) is -3.12. The highest BCUT2D eigenvalue weighted by atomic mass is 19.4. The highest BCUT2D eigenvalue weighted by Gasteiger charge is 2.43. The van der Waals surface area contributed by atoms with Gasteiger partial charge < -0.3 is 10.2 Å². The highest BCUT2D eigenvalue weighted by molar-refractivity contribution is 5.83. The van der Waals surface area contributed by atoms with Gasteiger partial charge in [-0.2, -0.15) is 13.2 Å². The lowest BCUT2D eigenvalue weighted by atomic mass is 9.95. The average molecular weight is 332 g/mol. The van der Waals surface area contributed by atoms with Crippen LogP contribution in [-0.4, -0.2) is 36.0 Å². The molecule has 126 valence electrons. The van der Waals surface area contributed by atoms with Gasteiger partial charge in [0.1, 0.15) is 5.82 Å². The summed E-state index contributed by atoms with van der Waals surface area (Å²) in [5, 5.41) is 2.58. The number of hydrogen-bond donors (Lipinski definition) is 1. The van der Waals surface area contributed by atoms with E-state index in [-0.39, 0.29) is 38.4 Å². The molecule has 2 rings (SSSR count). The number of nitrogens with zero attached hydrogens (tertiary/aromatic N) is 1. The third-order valence-corrected chi connectivity index (χ3v) is 3.81. The van der Waals surface area contributed by atoms with Crippen molar-refractivity contribution < 1.29 is 27.2 Å². The summed E-state index contributed by atoms with van der Waals surface area (Å²) >= 11 is 0.